The lowest BCUT2D eigenvalue weighted by molar-refractivity contribution is -0.118. The van der Waals surface area contributed by atoms with Crippen molar-refractivity contribution in [1.29, 1.82) is 0 Å². The van der Waals surface area contributed by atoms with Crippen LogP contribution in [0.4, 0.5) is 0 Å². The molecule has 0 fully saturated rings. The SMILES string of the molecule is C=C/C=C(/NC(C)=O)C(=C)C. The van der Waals surface area contributed by atoms with Gasteiger partial charge in [0.1, 0.15) is 0 Å². The van der Waals surface area contributed by atoms with Gasteiger partial charge in [0, 0.05) is 12.6 Å². The van der Waals surface area contributed by atoms with Crippen LogP contribution < -0.4 is 5.32 Å². The van der Waals surface area contributed by atoms with E-state index in [2.05, 4.69) is 18.5 Å². The highest BCUT2D eigenvalue weighted by Gasteiger charge is 1.97. The van der Waals surface area contributed by atoms with E-state index < -0.39 is 0 Å². The van der Waals surface area contributed by atoms with Gasteiger partial charge in [-0.25, -0.2) is 0 Å². The number of allylic oxidation sites excluding steroid dienone is 3. The van der Waals surface area contributed by atoms with Gasteiger partial charge in [-0.2, -0.15) is 0 Å². The molecule has 0 aliphatic carbocycles. The summed E-state index contributed by atoms with van der Waals surface area (Å²) in [5, 5.41) is 2.63. The van der Waals surface area contributed by atoms with Gasteiger partial charge in [0.05, 0.1) is 0 Å². The Kier molecular flexibility index (Phi) is 3.96. The van der Waals surface area contributed by atoms with Gasteiger partial charge in [0.25, 0.3) is 0 Å². The van der Waals surface area contributed by atoms with Crippen LogP contribution >= 0.6 is 0 Å². The van der Waals surface area contributed by atoms with E-state index in [0.717, 1.165) is 5.57 Å². The number of hydrogen-bond acceptors (Lipinski definition) is 1. The second kappa shape index (κ2) is 4.50. The molecule has 0 aliphatic heterocycles. The van der Waals surface area contributed by atoms with Crippen LogP contribution in [0.3, 0.4) is 0 Å². The van der Waals surface area contributed by atoms with Crippen molar-refractivity contribution in [2.75, 3.05) is 0 Å². The first-order valence-electron chi connectivity index (χ1n) is 3.34. The van der Waals surface area contributed by atoms with E-state index in [4.69, 9.17) is 0 Å². The molecule has 0 spiro atoms. The third-order valence-corrected chi connectivity index (χ3v) is 1.06. The Labute approximate surface area is 67.3 Å². The van der Waals surface area contributed by atoms with Gasteiger partial charge in [0.15, 0.2) is 0 Å². The highest BCUT2D eigenvalue weighted by atomic mass is 16.1. The first kappa shape index (κ1) is 9.69. The van der Waals surface area contributed by atoms with Gasteiger partial charge < -0.3 is 5.32 Å². The van der Waals surface area contributed by atoms with Crippen LogP contribution in [-0.2, 0) is 4.79 Å². The molecular formula is C9H13NO. The van der Waals surface area contributed by atoms with E-state index in [0.29, 0.717) is 5.70 Å². The number of nitrogens with one attached hydrogen (secondary N) is 1. The van der Waals surface area contributed by atoms with Crippen molar-refractivity contribution in [3.8, 4) is 0 Å². The molecule has 1 N–H and O–H groups in total. The molecule has 0 saturated heterocycles. The molecule has 0 rings (SSSR count). The lowest BCUT2D eigenvalue weighted by Gasteiger charge is -2.05. The Morgan fingerprint density at radius 3 is 2.27 bits per heavy atom. The second-order valence-electron chi connectivity index (χ2n) is 2.28. The quantitative estimate of drug-likeness (QED) is 0.612. The fourth-order valence-electron chi connectivity index (χ4n) is 0.598. The molecule has 0 aromatic rings. The third kappa shape index (κ3) is 4.14. The molecule has 0 atom stereocenters. The maximum absolute atomic E-state index is 10.6. The van der Waals surface area contributed by atoms with E-state index in [1.54, 1.807) is 12.2 Å². The molecule has 0 aromatic heterocycles. The van der Waals surface area contributed by atoms with Crippen LogP contribution in [0.15, 0.2) is 36.6 Å². The van der Waals surface area contributed by atoms with Crippen LogP contribution in [0.25, 0.3) is 0 Å². The average Bonchev–Trinajstić information content (AvgIpc) is 1.86. The number of rotatable bonds is 3. The zero-order valence-electron chi connectivity index (χ0n) is 6.98. The number of carbonyl (C=O) groups excluding carboxylic acids is 1. The van der Waals surface area contributed by atoms with Crippen LogP contribution in [0, 0.1) is 0 Å². The largest absolute Gasteiger partial charge is 0.326 e. The van der Waals surface area contributed by atoms with Crippen LogP contribution in [0.5, 0.6) is 0 Å². The minimum atomic E-state index is -0.0962. The number of amides is 1. The van der Waals surface area contributed by atoms with E-state index in [-0.39, 0.29) is 5.91 Å². The van der Waals surface area contributed by atoms with Gasteiger partial charge in [-0.05, 0) is 18.6 Å². The summed E-state index contributed by atoms with van der Waals surface area (Å²) in [6, 6.07) is 0. The molecule has 0 unspecified atom stereocenters. The van der Waals surface area contributed by atoms with Gasteiger partial charge in [-0.1, -0.05) is 19.2 Å². The minimum Gasteiger partial charge on any atom is -0.326 e. The summed E-state index contributed by atoms with van der Waals surface area (Å²) in [5.74, 6) is -0.0962. The van der Waals surface area contributed by atoms with Crippen molar-refractivity contribution in [2.45, 2.75) is 13.8 Å². The fourth-order valence-corrected chi connectivity index (χ4v) is 0.598. The van der Waals surface area contributed by atoms with Crippen molar-refractivity contribution in [3.05, 3.63) is 36.6 Å². The Balaban J connectivity index is 4.35. The molecule has 0 radical (unpaired) electrons. The summed E-state index contributed by atoms with van der Waals surface area (Å²) in [7, 11) is 0. The Hall–Kier alpha value is -1.31. The number of carbonyl (C=O) groups is 1. The molecule has 0 aliphatic rings. The Bertz CT molecular complexity index is 214. The van der Waals surface area contributed by atoms with E-state index in [1.807, 2.05) is 6.92 Å². The summed E-state index contributed by atoms with van der Waals surface area (Å²) < 4.78 is 0. The standard InChI is InChI=1S/C9H13NO/c1-5-6-9(7(2)3)10-8(4)11/h5-6H,1-2H2,3-4H3,(H,10,11)/b9-6+. The van der Waals surface area contributed by atoms with Crippen molar-refractivity contribution >= 4 is 5.91 Å². The van der Waals surface area contributed by atoms with Gasteiger partial charge in [0.2, 0.25) is 5.91 Å². The molecule has 2 nitrogen and oxygen atoms in total. The van der Waals surface area contributed by atoms with Gasteiger partial charge >= 0.3 is 0 Å². The average molecular weight is 151 g/mol. The molecule has 1 amide bonds. The van der Waals surface area contributed by atoms with Crippen molar-refractivity contribution < 1.29 is 4.79 Å². The zero-order valence-corrected chi connectivity index (χ0v) is 6.98. The molecule has 60 valence electrons. The van der Waals surface area contributed by atoms with Crippen LogP contribution in [-0.4, -0.2) is 5.91 Å². The molecule has 2 heteroatoms. The summed E-state index contributed by atoms with van der Waals surface area (Å²) in [5.41, 5.74) is 1.53. The maximum Gasteiger partial charge on any atom is 0.221 e. The smallest absolute Gasteiger partial charge is 0.221 e. The Morgan fingerprint density at radius 1 is 1.45 bits per heavy atom. The summed E-state index contributed by atoms with van der Waals surface area (Å²) >= 11 is 0. The first-order chi connectivity index (χ1) is 5.07. The highest BCUT2D eigenvalue weighted by Crippen LogP contribution is 2.01. The lowest BCUT2D eigenvalue weighted by atomic mass is 10.2. The predicted octanol–water partition coefficient (Wildman–Crippen LogP) is 1.77. The van der Waals surface area contributed by atoms with Gasteiger partial charge in [-0.3, -0.25) is 4.79 Å². The molecule has 0 bridgehead atoms. The molecule has 0 heterocycles. The Morgan fingerprint density at radius 2 is 2.00 bits per heavy atom. The monoisotopic (exact) mass is 151 g/mol. The lowest BCUT2D eigenvalue weighted by Crippen LogP contribution is -2.19. The van der Waals surface area contributed by atoms with Gasteiger partial charge in [-0.15, -0.1) is 0 Å². The fraction of sp³-hybridized carbons (Fsp3) is 0.222. The number of hydrogen-bond donors (Lipinski definition) is 1. The van der Waals surface area contributed by atoms with E-state index in [1.165, 1.54) is 6.92 Å². The predicted molar refractivity (Wildman–Crippen MR) is 46.9 cm³/mol. The molecular weight excluding hydrogens is 138 g/mol. The topological polar surface area (TPSA) is 29.1 Å². The summed E-state index contributed by atoms with van der Waals surface area (Å²) in [6.07, 6.45) is 3.32. The first-order valence-corrected chi connectivity index (χ1v) is 3.34. The van der Waals surface area contributed by atoms with Crippen molar-refractivity contribution in [3.63, 3.8) is 0 Å². The van der Waals surface area contributed by atoms with E-state index >= 15 is 0 Å². The van der Waals surface area contributed by atoms with Crippen LogP contribution in [0.2, 0.25) is 0 Å². The summed E-state index contributed by atoms with van der Waals surface area (Å²) in [4.78, 5) is 10.6. The van der Waals surface area contributed by atoms with E-state index in [9.17, 15) is 4.79 Å². The normalized spacial score (nSPS) is 10.5. The zero-order chi connectivity index (χ0) is 8.85. The van der Waals surface area contributed by atoms with Crippen molar-refractivity contribution in [2.24, 2.45) is 0 Å². The molecule has 0 saturated carbocycles. The maximum atomic E-state index is 10.6. The molecule has 0 aromatic carbocycles. The summed E-state index contributed by atoms with van der Waals surface area (Å²) in [6.45, 7) is 10.5. The minimum absolute atomic E-state index is 0.0962. The van der Waals surface area contributed by atoms with Crippen molar-refractivity contribution in [1.82, 2.24) is 5.32 Å². The third-order valence-electron chi connectivity index (χ3n) is 1.06. The van der Waals surface area contributed by atoms with Crippen LogP contribution in [0.1, 0.15) is 13.8 Å². The molecule has 11 heavy (non-hydrogen) atoms. The second-order valence-corrected chi connectivity index (χ2v) is 2.28. The highest BCUT2D eigenvalue weighted by molar-refractivity contribution is 5.75.